The minimum Gasteiger partial charge on any atom is -0.312 e. The van der Waals surface area contributed by atoms with Gasteiger partial charge < -0.3 is 5.32 Å². The zero-order valence-corrected chi connectivity index (χ0v) is 10.9. The minimum absolute atomic E-state index is 0.424. The predicted octanol–water partition coefficient (Wildman–Crippen LogP) is 3.38. The van der Waals surface area contributed by atoms with Gasteiger partial charge in [-0.1, -0.05) is 5.57 Å². The van der Waals surface area contributed by atoms with Crippen LogP contribution in [0, 0.1) is 13.8 Å². The third kappa shape index (κ3) is 3.43. The van der Waals surface area contributed by atoms with E-state index in [1.807, 2.05) is 7.05 Å². The van der Waals surface area contributed by atoms with Crippen LogP contribution in [-0.4, -0.2) is 12.0 Å². The average molecular weight is 224 g/mol. The molecule has 0 aliphatic heterocycles. The number of aryl methyl sites for hydroxylation is 2. The van der Waals surface area contributed by atoms with Gasteiger partial charge in [-0.05, 0) is 40.7 Å². The van der Waals surface area contributed by atoms with Gasteiger partial charge in [-0.25, -0.2) is 4.98 Å². The lowest BCUT2D eigenvalue weighted by Crippen LogP contribution is -2.16. The van der Waals surface area contributed by atoms with Crippen molar-refractivity contribution < 1.29 is 0 Å². The number of nitrogens with zero attached hydrogens (tertiary/aromatic N) is 1. The van der Waals surface area contributed by atoms with Crippen LogP contribution in [0.1, 0.15) is 41.4 Å². The number of hydrogen-bond acceptors (Lipinski definition) is 3. The second-order valence-corrected chi connectivity index (χ2v) is 5.25. The molecule has 0 bridgehead atoms. The Morgan fingerprint density at radius 3 is 2.60 bits per heavy atom. The van der Waals surface area contributed by atoms with Crippen molar-refractivity contribution in [1.82, 2.24) is 10.3 Å². The maximum absolute atomic E-state index is 4.46. The number of hydrogen-bond donors (Lipinski definition) is 1. The summed E-state index contributed by atoms with van der Waals surface area (Å²) >= 11 is 1.80. The third-order valence-electron chi connectivity index (χ3n) is 2.46. The molecule has 0 aromatic carbocycles. The van der Waals surface area contributed by atoms with Crippen molar-refractivity contribution >= 4 is 11.3 Å². The fourth-order valence-corrected chi connectivity index (χ4v) is 2.74. The van der Waals surface area contributed by atoms with E-state index in [9.17, 15) is 0 Å². The third-order valence-corrected chi connectivity index (χ3v) is 3.65. The van der Waals surface area contributed by atoms with E-state index in [0.717, 1.165) is 17.8 Å². The largest absolute Gasteiger partial charge is 0.312 e. The summed E-state index contributed by atoms with van der Waals surface area (Å²) in [7, 11) is 2.01. The highest BCUT2D eigenvalue weighted by Gasteiger charge is 2.15. The first-order valence-electron chi connectivity index (χ1n) is 5.30. The van der Waals surface area contributed by atoms with E-state index in [0.29, 0.717) is 6.04 Å². The van der Waals surface area contributed by atoms with E-state index >= 15 is 0 Å². The molecule has 0 spiro atoms. The summed E-state index contributed by atoms with van der Waals surface area (Å²) in [6.45, 7) is 10.2. The van der Waals surface area contributed by atoms with Crippen molar-refractivity contribution in [2.75, 3.05) is 7.05 Å². The molecule has 1 atom stereocenters. The maximum atomic E-state index is 4.46. The minimum atomic E-state index is 0.424. The van der Waals surface area contributed by atoms with Gasteiger partial charge in [0.15, 0.2) is 0 Å². The Hall–Kier alpha value is -0.670. The molecule has 0 amide bonds. The molecule has 1 aromatic rings. The highest BCUT2D eigenvalue weighted by atomic mass is 32.1. The van der Waals surface area contributed by atoms with Crippen LogP contribution < -0.4 is 5.32 Å². The van der Waals surface area contributed by atoms with Gasteiger partial charge in [0.1, 0.15) is 0 Å². The van der Waals surface area contributed by atoms with Gasteiger partial charge in [0.2, 0.25) is 0 Å². The fraction of sp³-hybridized carbons (Fsp3) is 0.583. The molecule has 1 heterocycles. The molecule has 0 fully saturated rings. The lowest BCUT2D eigenvalue weighted by atomic mass is 10.1. The molecule has 0 radical (unpaired) electrons. The van der Waals surface area contributed by atoms with Gasteiger partial charge in [0.25, 0.3) is 0 Å². The normalized spacial score (nSPS) is 12.8. The van der Waals surface area contributed by atoms with Crippen molar-refractivity contribution in [3.8, 4) is 0 Å². The number of rotatable bonds is 5. The number of nitrogens with one attached hydrogen (secondary N) is 1. The molecule has 3 heteroatoms. The van der Waals surface area contributed by atoms with Gasteiger partial charge in [0.05, 0.1) is 10.7 Å². The Balaban J connectivity index is 2.73. The summed E-state index contributed by atoms with van der Waals surface area (Å²) in [5.41, 5.74) is 2.41. The summed E-state index contributed by atoms with van der Waals surface area (Å²) in [6, 6.07) is 0.424. The van der Waals surface area contributed by atoms with Gasteiger partial charge >= 0.3 is 0 Å². The monoisotopic (exact) mass is 224 g/mol. The van der Waals surface area contributed by atoms with Crippen LogP contribution in [0.4, 0.5) is 0 Å². The summed E-state index contributed by atoms with van der Waals surface area (Å²) < 4.78 is 0. The first-order chi connectivity index (χ1) is 7.04. The lowest BCUT2D eigenvalue weighted by molar-refractivity contribution is 0.553. The first kappa shape index (κ1) is 12.4. The van der Waals surface area contributed by atoms with E-state index in [2.05, 4.69) is 37.7 Å². The second kappa shape index (κ2) is 5.42. The van der Waals surface area contributed by atoms with Crippen LogP contribution in [0.15, 0.2) is 12.2 Å². The van der Waals surface area contributed by atoms with Gasteiger partial charge in [0, 0.05) is 10.9 Å². The van der Waals surface area contributed by atoms with Crippen LogP contribution in [0.2, 0.25) is 0 Å². The van der Waals surface area contributed by atoms with Crippen molar-refractivity contribution in [3.63, 3.8) is 0 Å². The fourth-order valence-electron chi connectivity index (χ4n) is 1.67. The van der Waals surface area contributed by atoms with Crippen LogP contribution in [0.25, 0.3) is 0 Å². The van der Waals surface area contributed by atoms with E-state index in [1.165, 1.54) is 16.1 Å². The topological polar surface area (TPSA) is 24.9 Å². The molecule has 15 heavy (non-hydrogen) atoms. The van der Waals surface area contributed by atoms with Crippen LogP contribution >= 0.6 is 11.3 Å². The average Bonchev–Trinajstić information content (AvgIpc) is 2.46. The molecule has 1 unspecified atom stereocenters. The van der Waals surface area contributed by atoms with Crippen LogP contribution in [0.5, 0.6) is 0 Å². The number of thiazole rings is 1. The second-order valence-electron chi connectivity index (χ2n) is 4.02. The molecule has 0 saturated carbocycles. The van der Waals surface area contributed by atoms with E-state index in [1.54, 1.807) is 11.3 Å². The molecular weight excluding hydrogens is 204 g/mol. The molecule has 1 aromatic heterocycles. The van der Waals surface area contributed by atoms with Gasteiger partial charge in [-0.15, -0.1) is 17.9 Å². The smallest absolute Gasteiger partial charge is 0.0900 e. The molecule has 0 aliphatic carbocycles. The summed E-state index contributed by atoms with van der Waals surface area (Å²) in [4.78, 5) is 5.83. The number of aromatic nitrogens is 1. The predicted molar refractivity (Wildman–Crippen MR) is 67.4 cm³/mol. The van der Waals surface area contributed by atoms with Gasteiger partial charge in [-0.2, -0.15) is 0 Å². The standard InChI is InChI=1S/C12H20N2S/c1-8(2)6-7-11(13-5)12-9(3)14-10(4)15-12/h11,13H,1,6-7H2,2-5H3. The quantitative estimate of drug-likeness (QED) is 0.776. The van der Waals surface area contributed by atoms with Crippen LogP contribution in [0.3, 0.4) is 0 Å². The molecule has 0 saturated heterocycles. The van der Waals surface area contributed by atoms with E-state index < -0.39 is 0 Å². The van der Waals surface area contributed by atoms with E-state index in [-0.39, 0.29) is 0 Å². The Bertz CT molecular complexity index is 341. The van der Waals surface area contributed by atoms with Crippen molar-refractivity contribution in [2.45, 2.75) is 39.7 Å². The Kier molecular flexibility index (Phi) is 4.48. The molecule has 1 rings (SSSR count). The maximum Gasteiger partial charge on any atom is 0.0900 e. The zero-order chi connectivity index (χ0) is 11.4. The Labute approximate surface area is 96.4 Å². The summed E-state index contributed by atoms with van der Waals surface area (Å²) in [5.74, 6) is 0. The lowest BCUT2D eigenvalue weighted by Gasteiger charge is -2.14. The number of allylic oxidation sites excluding steroid dienone is 1. The molecule has 2 nitrogen and oxygen atoms in total. The molecular formula is C12H20N2S. The van der Waals surface area contributed by atoms with E-state index in [4.69, 9.17) is 0 Å². The highest BCUT2D eigenvalue weighted by molar-refractivity contribution is 7.11. The first-order valence-corrected chi connectivity index (χ1v) is 6.11. The van der Waals surface area contributed by atoms with Crippen molar-refractivity contribution in [1.29, 1.82) is 0 Å². The van der Waals surface area contributed by atoms with Crippen molar-refractivity contribution in [3.05, 3.63) is 27.7 Å². The molecule has 84 valence electrons. The SMILES string of the molecule is C=C(C)CCC(NC)c1sc(C)nc1C. The summed E-state index contributed by atoms with van der Waals surface area (Å²) in [5, 5.41) is 4.51. The Morgan fingerprint density at radius 2 is 2.20 bits per heavy atom. The summed E-state index contributed by atoms with van der Waals surface area (Å²) in [6.07, 6.45) is 2.18. The highest BCUT2D eigenvalue weighted by Crippen LogP contribution is 2.28. The molecule has 1 N–H and O–H groups in total. The zero-order valence-electron chi connectivity index (χ0n) is 10.1. The van der Waals surface area contributed by atoms with Crippen LogP contribution in [-0.2, 0) is 0 Å². The molecule has 0 aliphatic rings. The van der Waals surface area contributed by atoms with Crippen molar-refractivity contribution in [2.24, 2.45) is 0 Å². The van der Waals surface area contributed by atoms with Gasteiger partial charge in [-0.3, -0.25) is 0 Å². The Morgan fingerprint density at radius 1 is 1.53 bits per heavy atom.